The van der Waals surface area contributed by atoms with Crippen LogP contribution in [0.2, 0.25) is 0 Å². The quantitative estimate of drug-likeness (QED) is 0.820. The SMILES string of the molecule is CN(C)C(=O)C1(CNC(=O)C2CCCC(N)C2)CCCC1. The van der Waals surface area contributed by atoms with Crippen molar-refractivity contribution in [1.29, 1.82) is 0 Å². The molecule has 3 N–H and O–H groups in total. The Hall–Kier alpha value is -1.10. The van der Waals surface area contributed by atoms with Gasteiger partial charge in [-0.2, -0.15) is 0 Å². The lowest BCUT2D eigenvalue weighted by Gasteiger charge is -2.32. The van der Waals surface area contributed by atoms with E-state index in [9.17, 15) is 9.59 Å². The molecule has 2 fully saturated rings. The van der Waals surface area contributed by atoms with Crippen LogP contribution in [0.15, 0.2) is 0 Å². The Morgan fingerprint density at radius 3 is 2.43 bits per heavy atom. The summed E-state index contributed by atoms with van der Waals surface area (Å²) in [6.45, 7) is 0.481. The molecule has 120 valence electrons. The standard InChI is InChI=1S/C16H29N3O2/c1-19(2)15(21)16(8-3-4-9-16)11-18-14(20)12-6-5-7-13(17)10-12/h12-13H,3-11,17H2,1-2H3,(H,18,20). The first-order valence-corrected chi connectivity index (χ1v) is 8.20. The number of hydrogen-bond donors (Lipinski definition) is 2. The molecule has 0 heterocycles. The number of nitrogens with zero attached hydrogens (tertiary/aromatic N) is 1. The highest BCUT2D eigenvalue weighted by molar-refractivity contribution is 5.84. The van der Waals surface area contributed by atoms with Crippen molar-refractivity contribution in [3.05, 3.63) is 0 Å². The summed E-state index contributed by atoms with van der Waals surface area (Å²) in [6.07, 6.45) is 7.67. The minimum atomic E-state index is -0.379. The van der Waals surface area contributed by atoms with Crippen LogP contribution in [0, 0.1) is 11.3 Å². The topological polar surface area (TPSA) is 75.4 Å². The number of hydrogen-bond acceptors (Lipinski definition) is 3. The van der Waals surface area contributed by atoms with Crippen molar-refractivity contribution < 1.29 is 9.59 Å². The van der Waals surface area contributed by atoms with Gasteiger partial charge in [0.2, 0.25) is 11.8 Å². The first kappa shape index (κ1) is 16.3. The Labute approximate surface area is 127 Å². The Morgan fingerprint density at radius 2 is 1.86 bits per heavy atom. The molecular weight excluding hydrogens is 266 g/mol. The molecule has 0 aromatic heterocycles. The zero-order valence-corrected chi connectivity index (χ0v) is 13.4. The molecule has 5 heteroatoms. The van der Waals surface area contributed by atoms with Crippen LogP contribution >= 0.6 is 0 Å². The molecule has 0 radical (unpaired) electrons. The van der Waals surface area contributed by atoms with E-state index in [-0.39, 0.29) is 29.2 Å². The van der Waals surface area contributed by atoms with E-state index in [2.05, 4.69) is 5.32 Å². The van der Waals surface area contributed by atoms with Crippen LogP contribution in [-0.4, -0.2) is 43.4 Å². The van der Waals surface area contributed by atoms with Gasteiger partial charge < -0.3 is 16.0 Å². The highest BCUT2D eigenvalue weighted by Crippen LogP contribution is 2.39. The van der Waals surface area contributed by atoms with E-state index < -0.39 is 0 Å². The van der Waals surface area contributed by atoms with Gasteiger partial charge in [0.1, 0.15) is 0 Å². The number of rotatable bonds is 4. The van der Waals surface area contributed by atoms with Gasteiger partial charge in [-0.25, -0.2) is 0 Å². The van der Waals surface area contributed by atoms with Crippen LogP contribution < -0.4 is 11.1 Å². The maximum Gasteiger partial charge on any atom is 0.230 e. The summed E-state index contributed by atoms with van der Waals surface area (Å²) in [7, 11) is 3.59. The number of carbonyl (C=O) groups is 2. The average molecular weight is 295 g/mol. The predicted octanol–water partition coefficient (Wildman–Crippen LogP) is 1.27. The Morgan fingerprint density at radius 1 is 1.19 bits per heavy atom. The molecule has 21 heavy (non-hydrogen) atoms. The second kappa shape index (κ2) is 6.77. The summed E-state index contributed by atoms with van der Waals surface area (Å²) in [5.41, 5.74) is 5.58. The number of amides is 2. The maximum atomic E-state index is 12.5. The van der Waals surface area contributed by atoms with E-state index in [1.54, 1.807) is 19.0 Å². The van der Waals surface area contributed by atoms with Crippen molar-refractivity contribution in [2.75, 3.05) is 20.6 Å². The van der Waals surface area contributed by atoms with Gasteiger partial charge >= 0.3 is 0 Å². The largest absolute Gasteiger partial charge is 0.355 e. The molecule has 2 unspecified atom stereocenters. The molecule has 0 aromatic carbocycles. The zero-order valence-electron chi connectivity index (χ0n) is 13.4. The lowest BCUT2D eigenvalue weighted by atomic mass is 9.83. The summed E-state index contributed by atoms with van der Waals surface area (Å²) in [6, 6.07) is 0.151. The third-order valence-electron chi connectivity index (χ3n) is 5.11. The van der Waals surface area contributed by atoms with Gasteiger partial charge in [0.25, 0.3) is 0 Å². The van der Waals surface area contributed by atoms with E-state index in [1.165, 1.54) is 0 Å². The van der Waals surface area contributed by atoms with E-state index in [4.69, 9.17) is 5.73 Å². The monoisotopic (exact) mass is 295 g/mol. The lowest BCUT2D eigenvalue weighted by Crippen LogP contribution is -2.48. The first-order valence-electron chi connectivity index (χ1n) is 8.20. The molecule has 2 aliphatic rings. The molecule has 2 rings (SSSR count). The molecule has 2 atom stereocenters. The minimum absolute atomic E-state index is 0.0293. The molecule has 0 bridgehead atoms. The van der Waals surface area contributed by atoms with Crippen LogP contribution in [0.4, 0.5) is 0 Å². The predicted molar refractivity (Wildman–Crippen MR) is 82.5 cm³/mol. The van der Waals surface area contributed by atoms with Crippen LogP contribution in [0.3, 0.4) is 0 Å². The number of nitrogens with one attached hydrogen (secondary N) is 1. The second-order valence-corrected chi connectivity index (χ2v) is 7.03. The van der Waals surface area contributed by atoms with Crippen LogP contribution in [0.1, 0.15) is 51.4 Å². The van der Waals surface area contributed by atoms with Gasteiger partial charge in [0.15, 0.2) is 0 Å². The normalized spacial score (nSPS) is 28.1. The molecule has 0 spiro atoms. The Kier molecular flexibility index (Phi) is 5.25. The van der Waals surface area contributed by atoms with Crippen LogP contribution in [0.5, 0.6) is 0 Å². The minimum Gasteiger partial charge on any atom is -0.355 e. The fourth-order valence-corrected chi connectivity index (χ4v) is 3.86. The van der Waals surface area contributed by atoms with Crippen molar-refractivity contribution in [1.82, 2.24) is 10.2 Å². The van der Waals surface area contributed by atoms with Crippen molar-refractivity contribution in [3.8, 4) is 0 Å². The maximum absolute atomic E-state index is 12.5. The Balaban J connectivity index is 1.93. The highest BCUT2D eigenvalue weighted by Gasteiger charge is 2.42. The molecule has 0 aromatic rings. The third kappa shape index (κ3) is 3.76. The second-order valence-electron chi connectivity index (χ2n) is 7.03. The first-order chi connectivity index (χ1) is 9.94. The molecule has 5 nitrogen and oxygen atoms in total. The fourth-order valence-electron chi connectivity index (χ4n) is 3.86. The summed E-state index contributed by atoms with van der Waals surface area (Å²) < 4.78 is 0. The summed E-state index contributed by atoms with van der Waals surface area (Å²) >= 11 is 0. The molecule has 0 saturated heterocycles. The average Bonchev–Trinajstić information content (AvgIpc) is 2.94. The van der Waals surface area contributed by atoms with Crippen molar-refractivity contribution in [2.24, 2.45) is 17.1 Å². The molecule has 2 amide bonds. The van der Waals surface area contributed by atoms with Crippen molar-refractivity contribution >= 4 is 11.8 Å². The lowest BCUT2D eigenvalue weighted by molar-refractivity contribution is -0.139. The van der Waals surface area contributed by atoms with Crippen LogP contribution in [0.25, 0.3) is 0 Å². The zero-order chi connectivity index (χ0) is 15.5. The van der Waals surface area contributed by atoms with Crippen molar-refractivity contribution in [3.63, 3.8) is 0 Å². The van der Waals surface area contributed by atoms with Gasteiger partial charge in [-0.15, -0.1) is 0 Å². The van der Waals surface area contributed by atoms with Gasteiger partial charge in [-0.05, 0) is 32.1 Å². The molecule has 2 aliphatic carbocycles. The number of nitrogens with two attached hydrogens (primary N) is 1. The van der Waals surface area contributed by atoms with Gasteiger partial charge in [-0.1, -0.05) is 19.3 Å². The molecule has 2 saturated carbocycles. The van der Waals surface area contributed by atoms with E-state index in [0.717, 1.165) is 51.4 Å². The molecule has 0 aliphatic heterocycles. The van der Waals surface area contributed by atoms with E-state index in [0.29, 0.717) is 6.54 Å². The summed E-state index contributed by atoms with van der Waals surface area (Å²) in [5.74, 6) is 0.269. The van der Waals surface area contributed by atoms with Gasteiger partial charge in [0.05, 0.1) is 5.41 Å². The summed E-state index contributed by atoms with van der Waals surface area (Å²) in [5, 5.41) is 3.05. The molecular formula is C16H29N3O2. The van der Waals surface area contributed by atoms with E-state index in [1.807, 2.05) is 0 Å². The van der Waals surface area contributed by atoms with Crippen LogP contribution in [-0.2, 0) is 9.59 Å². The smallest absolute Gasteiger partial charge is 0.230 e. The fraction of sp³-hybridized carbons (Fsp3) is 0.875. The van der Waals surface area contributed by atoms with Gasteiger partial charge in [0, 0.05) is 32.6 Å². The third-order valence-corrected chi connectivity index (χ3v) is 5.11. The van der Waals surface area contributed by atoms with E-state index >= 15 is 0 Å². The highest BCUT2D eigenvalue weighted by atomic mass is 16.2. The van der Waals surface area contributed by atoms with Crippen molar-refractivity contribution in [2.45, 2.75) is 57.4 Å². The Bertz CT molecular complexity index is 389. The number of carbonyl (C=O) groups excluding carboxylic acids is 2. The summed E-state index contributed by atoms with van der Waals surface area (Å²) in [4.78, 5) is 26.5. The van der Waals surface area contributed by atoms with Gasteiger partial charge in [-0.3, -0.25) is 9.59 Å².